The molecule has 0 spiro atoms. The maximum atomic E-state index is 9.14. The van der Waals surface area contributed by atoms with Gasteiger partial charge >= 0.3 is 0 Å². The molecule has 0 heterocycles. The summed E-state index contributed by atoms with van der Waals surface area (Å²) in [4.78, 5) is 0. The van der Waals surface area contributed by atoms with Crippen molar-refractivity contribution in [3.63, 3.8) is 0 Å². The second-order valence-corrected chi connectivity index (χ2v) is 2.94. The number of aliphatic hydroxyl groups excluding tert-OH is 2. The molecule has 0 aliphatic rings. The first-order valence-corrected chi connectivity index (χ1v) is 4.09. The van der Waals surface area contributed by atoms with E-state index >= 15 is 0 Å². The lowest BCUT2D eigenvalue weighted by atomic mass is 10.2. The van der Waals surface area contributed by atoms with Crippen LogP contribution in [0.4, 0.5) is 0 Å². The standard InChI is InChI=1S/C8H18O3/c1-7(2)8(10)11-6-4-3-5-9/h7-10H,3-6H2,1-2H3. The average Bonchev–Trinajstić information content (AvgIpc) is 1.97. The first kappa shape index (κ1) is 10.9. The van der Waals surface area contributed by atoms with Gasteiger partial charge < -0.3 is 14.9 Å². The molecule has 3 heteroatoms. The molecule has 2 N–H and O–H groups in total. The van der Waals surface area contributed by atoms with E-state index in [9.17, 15) is 0 Å². The molecule has 0 aliphatic heterocycles. The third kappa shape index (κ3) is 6.28. The summed E-state index contributed by atoms with van der Waals surface area (Å²) in [5, 5.41) is 17.6. The number of aliphatic hydroxyl groups is 2. The molecule has 0 fully saturated rings. The van der Waals surface area contributed by atoms with Crippen molar-refractivity contribution >= 4 is 0 Å². The molecule has 0 radical (unpaired) electrons. The maximum Gasteiger partial charge on any atom is 0.156 e. The van der Waals surface area contributed by atoms with Crippen LogP contribution in [0, 0.1) is 5.92 Å². The van der Waals surface area contributed by atoms with E-state index in [1.165, 1.54) is 0 Å². The van der Waals surface area contributed by atoms with Crippen LogP contribution in [-0.4, -0.2) is 29.7 Å². The van der Waals surface area contributed by atoms with Gasteiger partial charge in [0.25, 0.3) is 0 Å². The van der Waals surface area contributed by atoms with Gasteiger partial charge in [-0.15, -0.1) is 0 Å². The molecule has 0 aromatic heterocycles. The Morgan fingerprint density at radius 2 is 1.91 bits per heavy atom. The summed E-state index contributed by atoms with van der Waals surface area (Å²) in [6.07, 6.45) is 0.888. The molecule has 0 saturated heterocycles. The van der Waals surface area contributed by atoms with Crippen molar-refractivity contribution in [1.29, 1.82) is 0 Å². The van der Waals surface area contributed by atoms with E-state index in [0.717, 1.165) is 12.8 Å². The van der Waals surface area contributed by atoms with Gasteiger partial charge in [0.05, 0.1) is 0 Å². The molecular formula is C8H18O3. The van der Waals surface area contributed by atoms with Crippen LogP contribution in [-0.2, 0) is 4.74 Å². The Morgan fingerprint density at radius 3 is 2.36 bits per heavy atom. The summed E-state index contributed by atoms with van der Waals surface area (Å²) < 4.78 is 5.05. The Morgan fingerprint density at radius 1 is 1.27 bits per heavy atom. The van der Waals surface area contributed by atoms with Crippen LogP contribution in [0.2, 0.25) is 0 Å². The first-order chi connectivity index (χ1) is 5.18. The van der Waals surface area contributed by atoms with Crippen molar-refractivity contribution in [3.8, 4) is 0 Å². The minimum atomic E-state index is -0.659. The van der Waals surface area contributed by atoms with Gasteiger partial charge in [-0.25, -0.2) is 0 Å². The lowest BCUT2D eigenvalue weighted by Gasteiger charge is -2.14. The molecule has 11 heavy (non-hydrogen) atoms. The Hall–Kier alpha value is -0.120. The van der Waals surface area contributed by atoms with Crippen molar-refractivity contribution in [2.24, 2.45) is 5.92 Å². The van der Waals surface area contributed by atoms with Gasteiger partial charge in [0.2, 0.25) is 0 Å². The van der Waals surface area contributed by atoms with E-state index in [2.05, 4.69) is 0 Å². The zero-order valence-corrected chi connectivity index (χ0v) is 7.29. The monoisotopic (exact) mass is 162 g/mol. The quantitative estimate of drug-likeness (QED) is 0.447. The van der Waals surface area contributed by atoms with Gasteiger partial charge in [-0.1, -0.05) is 13.8 Å². The predicted octanol–water partition coefficient (Wildman–Crippen LogP) is 0.750. The second kappa shape index (κ2) is 6.58. The van der Waals surface area contributed by atoms with E-state index in [4.69, 9.17) is 14.9 Å². The number of rotatable bonds is 6. The van der Waals surface area contributed by atoms with Crippen LogP contribution < -0.4 is 0 Å². The Balaban J connectivity index is 3.10. The van der Waals surface area contributed by atoms with Crippen molar-refractivity contribution in [3.05, 3.63) is 0 Å². The fourth-order valence-electron chi connectivity index (χ4n) is 0.610. The van der Waals surface area contributed by atoms with Crippen LogP contribution in [0.5, 0.6) is 0 Å². The smallest absolute Gasteiger partial charge is 0.156 e. The molecular weight excluding hydrogens is 144 g/mol. The highest BCUT2D eigenvalue weighted by molar-refractivity contribution is 4.46. The molecule has 0 aliphatic carbocycles. The normalized spacial score (nSPS) is 13.9. The largest absolute Gasteiger partial charge is 0.396 e. The highest BCUT2D eigenvalue weighted by Gasteiger charge is 2.07. The van der Waals surface area contributed by atoms with Gasteiger partial charge in [0.15, 0.2) is 6.29 Å². The lowest BCUT2D eigenvalue weighted by Crippen LogP contribution is -2.19. The number of ether oxygens (including phenoxy) is 1. The Labute approximate surface area is 68.0 Å². The molecule has 0 aromatic rings. The molecule has 0 bridgehead atoms. The second-order valence-electron chi connectivity index (χ2n) is 2.94. The summed E-state index contributed by atoms with van der Waals surface area (Å²) >= 11 is 0. The van der Waals surface area contributed by atoms with Crippen molar-refractivity contribution in [1.82, 2.24) is 0 Å². The fourth-order valence-corrected chi connectivity index (χ4v) is 0.610. The van der Waals surface area contributed by atoms with Gasteiger partial charge in [-0.05, 0) is 12.8 Å². The topological polar surface area (TPSA) is 49.7 Å². The zero-order valence-electron chi connectivity index (χ0n) is 7.29. The lowest BCUT2D eigenvalue weighted by molar-refractivity contribution is -0.127. The zero-order chi connectivity index (χ0) is 8.69. The third-order valence-corrected chi connectivity index (χ3v) is 1.41. The number of hydrogen-bond donors (Lipinski definition) is 2. The fraction of sp³-hybridized carbons (Fsp3) is 1.00. The minimum absolute atomic E-state index is 0.143. The van der Waals surface area contributed by atoms with Crippen LogP contribution >= 0.6 is 0 Å². The van der Waals surface area contributed by atoms with E-state index in [0.29, 0.717) is 6.61 Å². The molecule has 68 valence electrons. The van der Waals surface area contributed by atoms with Crippen molar-refractivity contribution in [2.75, 3.05) is 13.2 Å². The summed E-state index contributed by atoms with van der Waals surface area (Å²) in [5.74, 6) is 0.143. The highest BCUT2D eigenvalue weighted by atomic mass is 16.6. The van der Waals surface area contributed by atoms with E-state index in [-0.39, 0.29) is 12.5 Å². The molecule has 0 rings (SSSR count). The van der Waals surface area contributed by atoms with Crippen LogP contribution in [0.25, 0.3) is 0 Å². The Kier molecular flexibility index (Phi) is 6.51. The SMILES string of the molecule is CC(C)C(O)OCCCCO. The molecule has 0 amide bonds. The summed E-state index contributed by atoms with van der Waals surface area (Å²) in [6, 6.07) is 0. The summed E-state index contributed by atoms with van der Waals surface area (Å²) in [6.45, 7) is 4.52. The minimum Gasteiger partial charge on any atom is -0.396 e. The van der Waals surface area contributed by atoms with Gasteiger partial charge in [-0.3, -0.25) is 0 Å². The van der Waals surface area contributed by atoms with Crippen molar-refractivity contribution in [2.45, 2.75) is 33.0 Å². The number of hydrogen-bond acceptors (Lipinski definition) is 3. The van der Waals surface area contributed by atoms with Crippen LogP contribution in [0.3, 0.4) is 0 Å². The van der Waals surface area contributed by atoms with Gasteiger partial charge in [-0.2, -0.15) is 0 Å². The van der Waals surface area contributed by atoms with Crippen molar-refractivity contribution < 1.29 is 14.9 Å². The predicted molar refractivity (Wildman–Crippen MR) is 43.1 cm³/mol. The highest BCUT2D eigenvalue weighted by Crippen LogP contribution is 2.03. The molecule has 1 atom stereocenters. The van der Waals surface area contributed by atoms with E-state index < -0.39 is 6.29 Å². The van der Waals surface area contributed by atoms with E-state index in [1.54, 1.807) is 0 Å². The summed E-state index contributed by atoms with van der Waals surface area (Å²) in [5.41, 5.74) is 0. The first-order valence-electron chi connectivity index (χ1n) is 4.09. The maximum absolute atomic E-state index is 9.14. The van der Waals surface area contributed by atoms with Gasteiger partial charge in [0.1, 0.15) is 0 Å². The van der Waals surface area contributed by atoms with Crippen LogP contribution in [0.15, 0.2) is 0 Å². The molecule has 3 nitrogen and oxygen atoms in total. The average molecular weight is 162 g/mol. The third-order valence-electron chi connectivity index (χ3n) is 1.41. The number of unbranched alkanes of at least 4 members (excludes halogenated alkanes) is 1. The van der Waals surface area contributed by atoms with Crippen LogP contribution in [0.1, 0.15) is 26.7 Å². The Bertz CT molecular complexity index is 83.4. The van der Waals surface area contributed by atoms with Gasteiger partial charge in [0, 0.05) is 19.1 Å². The molecule has 0 aromatic carbocycles. The molecule has 0 saturated carbocycles. The summed E-state index contributed by atoms with van der Waals surface area (Å²) in [7, 11) is 0. The molecule has 1 unspecified atom stereocenters. The van der Waals surface area contributed by atoms with E-state index in [1.807, 2.05) is 13.8 Å².